The molecule has 252 valence electrons. The van der Waals surface area contributed by atoms with E-state index in [-0.39, 0.29) is 30.2 Å². The van der Waals surface area contributed by atoms with Crippen molar-refractivity contribution in [2.24, 2.45) is 0 Å². The van der Waals surface area contributed by atoms with Crippen LogP contribution in [-0.4, -0.2) is 87.9 Å². The van der Waals surface area contributed by atoms with Crippen molar-refractivity contribution in [3.63, 3.8) is 0 Å². The Hall–Kier alpha value is -3.61. The second-order valence-electron chi connectivity index (χ2n) is 9.13. The number of epoxide rings is 1. The molecule has 1 aromatic heterocycles. The Kier molecular flexibility index (Phi) is 28.7. The maximum atomic E-state index is 11.8. The zero-order valence-corrected chi connectivity index (χ0v) is 28.7. The van der Waals surface area contributed by atoms with Gasteiger partial charge in [-0.1, -0.05) is 75.7 Å². The molecule has 1 aromatic carbocycles. The summed E-state index contributed by atoms with van der Waals surface area (Å²) in [6, 6.07) is 11.3. The molecule has 0 radical (unpaired) electrons. The number of aromatic nitrogens is 1. The number of methoxy groups -OCH3 is 2. The lowest BCUT2D eigenvalue weighted by molar-refractivity contribution is -0.130. The fourth-order valence-electron chi connectivity index (χ4n) is 2.95. The Morgan fingerprint density at radius 2 is 1.59 bits per heavy atom. The van der Waals surface area contributed by atoms with Gasteiger partial charge in [0.15, 0.2) is 11.5 Å². The number of hydrogen-bond donors (Lipinski definition) is 3. The quantitative estimate of drug-likeness (QED) is 0.247. The van der Waals surface area contributed by atoms with Gasteiger partial charge in [0.1, 0.15) is 11.4 Å². The molecule has 1 saturated heterocycles. The van der Waals surface area contributed by atoms with E-state index in [0.29, 0.717) is 37.5 Å². The van der Waals surface area contributed by atoms with Gasteiger partial charge < -0.3 is 34.7 Å². The molecule has 3 atom stereocenters. The van der Waals surface area contributed by atoms with Gasteiger partial charge in [0.25, 0.3) is 5.91 Å². The second kappa shape index (κ2) is 28.2. The summed E-state index contributed by atoms with van der Waals surface area (Å²) in [6.45, 7) is 17.9. The lowest BCUT2D eigenvalue weighted by Gasteiger charge is -2.17. The molecule has 0 aliphatic carbocycles. The van der Waals surface area contributed by atoms with Gasteiger partial charge in [-0.2, -0.15) is 0 Å². The summed E-state index contributed by atoms with van der Waals surface area (Å²) in [5, 5.41) is 11.1. The van der Waals surface area contributed by atoms with Gasteiger partial charge in [-0.3, -0.25) is 19.2 Å². The van der Waals surface area contributed by atoms with Crippen molar-refractivity contribution < 1.29 is 37.9 Å². The van der Waals surface area contributed by atoms with Gasteiger partial charge in [-0.05, 0) is 34.1 Å². The molecular formula is C32H56N4O8. The normalized spacial score (nSPS) is 14.9. The molecule has 0 saturated carbocycles. The van der Waals surface area contributed by atoms with Gasteiger partial charge in [0.05, 0.1) is 25.8 Å². The first-order valence-electron chi connectivity index (χ1n) is 14.8. The summed E-state index contributed by atoms with van der Waals surface area (Å²) >= 11 is 0. The van der Waals surface area contributed by atoms with Crippen molar-refractivity contribution in [1.29, 1.82) is 0 Å². The summed E-state index contributed by atoms with van der Waals surface area (Å²) in [5.74, 6) is -0.119. The SMILES string of the molecule is CC.CC.CC[C@H](NC(=O)CNC=O)C(=O)C1(C)CO1.COC.COCC(C)NC(=O)c1cc(C)on1.Cc1ccccc1. The van der Waals surface area contributed by atoms with E-state index in [9.17, 15) is 19.2 Å². The van der Waals surface area contributed by atoms with Crippen molar-refractivity contribution in [2.45, 2.75) is 86.4 Å². The predicted molar refractivity (Wildman–Crippen MR) is 173 cm³/mol. The first kappa shape index (κ1) is 44.8. The smallest absolute Gasteiger partial charge is 0.273 e. The maximum absolute atomic E-state index is 11.8. The highest BCUT2D eigenvalue weighted by atomic mass is 16.6. The number of benzene rings is 1. The Morgan fingerprint density at radius 1 is 1.05 bits per heavy atom. The number of Topliss-reactive ketones (excluding diaryl/α,β-unsaturated/α-hetero) is 1. The summed E-state index contributed by atoms with van der Waals surface area (Å²) in [4.78, 5) is 44.6. The number of hydrogen-bond acceptors (Lipinski definition) is 9. The van der Waals surface area contributed by atoms with E-state index in [4.69, 9.17) is 14.0 Å². The number of nitrogens with one attached hydrogen (secondary N) is 3. The van der Waals surface area contributed by atoms with Crippen LogP contribution in [0.25, 0.3) is 0 Å². The molecule has 12 nitrogen and oxygen atoms in total. The Balaban J connectivity index is -0.000000543. The maximum Gasteiger partial charge on any atom is 0.273 e. The number of nitrogens with zero attached hydrogens (tertiary/aromatic N) is 1. The van der Waals surface area contributed by atoms with E-state index < -0.39 is 11.6 Å². The summed E-state index contributed by atoms with van der Waals surface area (Å²) in [6.07, 6.45) is 0.943. The number of carbonyl (C=O) groups is 4. The molecular weight excluding hydrogens is 568 g/mol. The fourth-order valence-corrected chi connectivity index (χ4v) is 2.95. The Morgan fingerprint density at radius 3 is 1.95 bits per heavy atom. The Labute approximate surface area is 264 Å². The van der Waals surface area contributed by atoms with Crippen LogP contribution >= 0.6 is 0 Å². The van der Waals surface area contributed by atoms with Crippen molar-refractivity contribution in [2.75, 3.05) is 41.1 Å². The van der Waals surface area contributed by atoms with Crippen LogP contribution in [0.2, 0.25) is 0 Å². The molecule has 3 N–H and O–H groups in total. The molecule has 1 aliphatic rings. The summed E-state index contributed by atoms with van der Waals surface area (Å²) < 4.78 is 19.0. The molecule has 0 spiro atoms. The number of carbonyl (C=O) groups excluding carboxylic acids is 4. The van der Waals surface area contributed by atoms with Crippen LogP contribution in [0.5, 0.6) is 0 Å². The van der Waals surface area contributed by atoms with Gasteiger partial charge in [0, 0.05) is 33.4 Å². The minimum atomic E-state index is -0.730. The molecule has 1 fully saturated rings. The van der Waals surface area contributed by atoms with E-state index in [1.807, 2.05) is 59.7 Å². The zero-order valence-electron chi connectivity index (χ0n) is 28.7. The molecule has 44 heavy (non-hydrogen) atoms. The van der Waals surface area contributed by atoms with Gasteiger partial charge in [-0.25, -0.2) is 0 Å². The van der Waals surface area contributed by atoms with E-state index in [1.165, 1.54) is 5.56 Å². The number of ketones is 1. The summed E-state index contributed by atoms with van der Waals surface area (Å²) in [5.41, 5.74) is 0.888. The standard InChI is InChI=1S/C10H16N2O4.C9H14N2O3.C7H8.C2H6O.2C2H6/c1-3-7(9(15)10(2)5-16-10)12-8(14)4-11-6-13;1-6(5-13-3)10-9(12)8-4-7(2)14-11-8;1-7-5-3-2-4-6-7;1-3-2;2*1-2/h6-7H,3-5H2,1-2H3,(H,11,13)(H,12,14);4,6H,5H2,1-3H3,(H,10,12);2-6H,1H3;1-2H3;2*1-2H3/t7-,10?;;;;;/m0...../s1. The predicted octanol–water partition coefficient (Wildman–Crippen LogP) is 4.04. The average molecular weight is 625 g/mol. The highest BCUT2D eigenvalue weighted by Crippen LogP contribution is 2.28. The molecule has 3 rings (SSSR count). The van der Waals surface area contributed by atoms with Crippen LogP contribution in [0.1, 0.15) is 76.7 Å². The number of aryl methyl sites for hydroxylation is 2. The third kappa shape index (κ3) is 22.0. The van der Waals surface area contributed by atoms with Crippen molar-refractivity contribution >= 4 is 24.0 Å². The highest BCUT2D eigenvalue weighted by Gasteiger charge is 2.49. The van der Waals surface area contributed by atoms with Crippen LogP contribution in [-0.2, 0) is 28.6 Å². The fraction of sp³-hybridized carbons (Fsp3) is 0.594. The number of ether oxygens (including phenoxy) is 3. The molecule has 2 aromatic rings. The van der Waals surface area contributed by atoms with E-state index in [1.54, 1.807) is 41.2 Å². The monoisotopic (exact) mass is 624 g/mol. The molecule has 2 unspecified atom stereocenters. The zero-order chi connectivity index (χ0) is 34.6. The topological polar surface area (TPSA) is 161 Å². The van der Waals surface area contributed by atoms with Crippen molar-refractivity contribution in [1.82, 2.24) is 21.1 Å². The third-order valence-electron chi connectivity index (χ3n) is 5.10. The lowest BCUT2D eigenvalue weighted by atomic mass is 9.99. The minimum absolute atomic E-state index is 0.0375. The second-order valence-corrected chi connectivity index (χ2v) is 9.13. The molecule has 0 bridgehead atoms. The number of rotatable bonds is 11. The van der Waals surface area contributed by atoms with Gasteiger partial charge in [-0.15, -0.1) is 0 Å². The molecule has 12 heteroatoms. The largest absolute Gasteiger partial charge is 0.388 e. The van der Waals surface area contributed by atoms with Crippen LogP contribution in [0.4, 0.5) is 0 Å². The molecule has 2 heterocycles. The average Bonchev–Trinajstić information content (AvgIpc) is 3.63. The van der Waals surface area contributed by atoms with Crippen LogP contribution in [0.3, 0.4) is 0 Å². The van der Waals surface area contributed by atoms with Crippen LogP contribution in [0, 0.1) is 13.8 Å². The first-order valence-corrected chi connectivity index (χ1v) is 14.8. The molecule has 1 aliphatic heterocycles. The summed E-state index contributed by atoms with van der Waals surface area (Å²) in [7, 11) is 4.84. The van der Waals surface area contributed by atoms with E-state index in [0.717, 1.165) is 0 Å². The van der Waals surface area contributed by atoms with E-state index in [2.05, 4.69) is 44.9 Å². The van der Waals surface area contributed by atoms with Crippen molar-refractivity contribution in [3.8, 4) is 0 Å². The number of amides is 3. The lowest BCUT2D eigenvalue weighted by Crippen LogP contribution is -2.48. The first-order chi connectivity index (χ1) is 21.0. The van der Waals surface area contributed by atoms with Gasteiger partial charge in [0.2, 0.25) is 12.3 Å². The van der Waals surface area contributed by atoms with E-state index >= 15 is 0 Å². The minimum Gasteiger partial charge on any atom is -0.388 e. The van der Waals surface area contributed by atoms with Gasteiger partial charge >= 0.3 is 0 Å². The van der Waals surface area contributed by atoms with Crippen LogP contribution < -0.4 is 16.0 Å². The van der Waals surface area contributed by atoms with Crippen molar-refractivity contribution in [3.05, 3.63) is 53.4 Å². The Bertz CT molecular complexity index is 1010. The molecule has 3 amide bonds. The van der Waals surface area contributed by atoms with Crippen LogP contribution in [0.15, 0.2) is 40.9 Å². The highest BCUT2D eigenvalue weighted by molar-refractivity contribution is 5.96. The third-order valence-corrected chi connectivity index (χ3v) is 5.10.